The fourth-order valence-corrected chi connectivity index (χ4v) is 3.60. The Morgan fingerprint density at radius 1 is 1.35 bits per heavy atom. The molecule has 2 fully saturated rings. The van der Waals surface area contributed by atoms with Crippen LogP contribution in [0.2, 0.25) is 0 Å². The Bertz CT molecular complexity index is 612. The number of piperidine rings is 1. The van der Waals surface area contributed by atoms with Crippen LogP contribution in [0.25, 0.3) is 0 Å². The number of amides is 1. The van der Waals surface area contributed by atoms with Gasteiger partial charge in [0.1, 0.15) is 0 Å². The third kappa shape index (κ3) is 5.44. The lowest BCUT2D eigenvalue weighted by atomic mass is 9.85. The van der Waals surface area contributed by atoms with Crippen LogP contribution in [0.5, 0.6) is 5.75 Å². The lowest BCUT2D eigenvalue weighted by Gasteiger charge is -2.28. The van der Waals surface area contributed by atoms with Crippen LogP contribution >= 0.6 is 0 Å². The lowest BCUT2D eigenvalue weighted by molar-refractivity contribution is -0.123. The summed E-state index contributed by atoms with van der Waals surface area (Å²) >= 11 is 0. The minimum absolute atomic E-state index is 0.0324. The van der Waals surface area contributed by atoms with Crippen LogP contribution in [0.4, 0.5) is 4.39 Å². The van der Waals surface area contributed by atoms with Gasteiger partial charge in [-0.15, -0.1) is 0 Å². The van der Waals surface area contributed by atoms with Crippen LogP contribution in [0.15, 0.2) is 18.2 Å². The van der Waals surface area contributed by atoms with Crippen molar-refractivity contribution in [1.82, 2.24) is 10.6 Å². The Balaban J connectivity index is 1.49. The molecule has 1 saturated heterocycles. The molecule has 1 aliphatic heterocycles. The second-order valence-corrected chi connectivity index (χ2v) is 8.02. The fraction of sp³-hybridized carbons (Fsp3) is 0.667. The highest BCUT2D eigenvalue weighted by Gasteiger charge is 2.24. The van der Waals surface area contributed by atoms with E-state index >= 15 is 0 Å². The van der Waals surface area contributed by atoms with Gasteiger partial charge in [0.2, 0.25) is 5.91 Å². The Labute approximate surface area is 155 Å². The van der Waals surface area contributed by atoms with E-state index in [0.717, 1.165) is 18.7 Å². The fourth-order valence-electron chi connectivity index (χ4n) is 3.60. The van der Waals surface area contributed by atoms with E-state index in [4.69, 9.17) is 4.74 Å². The SMILES string of the molecule is CC(NC(=O)CC(C)C1CCCNC1)c1ccc(OCC2CC2)c(F)c1. The van der Waals surface area contributed by atoms with Gasteiger partial charge in [0.05, 0.1) is 12.6 Å². The molecule has 0 spiro atoms. The molecule has 3 atom stereocenters. The zero-order chi connectivity index (χ0) is 18.5. The van der Waals surface area contributed by atoms with Gasteiger partial charge in [-0.05, 0) is 81.1 Å². The number of carbonyl (C=O) groups is 1. The van der Waals surface area contributed by atoms with Crippen LogP contribution < -0.4 is 15.4 Å². The van der Waals surface area contributed by atoms with Gasteiger partial charge < -0.3 is 15.4 Å². The summed E-state index contributed by atoms with van der Waals surface area (Å²) in [6.07, 6.45) is 5.24. The largest absolute Gasteiger partial charge is 0.490 e. The molecule has 26 heavy (non-hydrogen) atoms. The molecule has 1 amide bonds. The molecule has 3 unspecified atom stereocenters. The summed E-state index contributed by atoms with van der Waals surface area (Å²) in [6, 6.07) is 4.77. The van der Waals surface area contributed by atoms with Crippen LogP contribution in [0, 0.1) is 23.6 Å². The highest BCUT2D eigenvalue weighted by Crippen LogP contribution is 2.30. The molecule has 1 aromatic carbocycles. The zero-order valence-electron chi connectivity index (χ0n) is 15.9. The van der Waals surface area contributed by atoms with E-state index in [9.17, 15) is 9.18 Å². The van der Waals surface area contributed by atoms with Crippen LogP contribution in [-0.4, -0.2) is 25.6 Å². The number of halogens is 1. The molecule has 2 N–H and O–H groups in total. The summed E-state index contributed by atoms with van der Waals surface area (Å²) in [5.74, 6) is 1.48. The molecule has 3 rings (SSSR count). The van der Waals surface area contributed by atoms with Crippen LogP contribution in [0.1, 0.15) is 57.6 Å². The number of carbonyl (C=O) groups excluding carboxylic acids is 1. The number of rotatable bonds is 8. The van der Waals surface area contributed by atoms with Gasteiger partial charge in [0.15, 0.2) is 11.6 Å². The first-order valence-electron chi connectivity index (χ1n) is 9.95. The van der Waals surface area contributed by atoms with E-state index < -0.39 is 0 Å². The molecular formula is C21H31FN2O2. The van der Waals surface area contributed by atoms with Crippen LogP contribution in [0.3, 0.4) is 0 Å². The maximum absolute atomic E-state index is 14.2. The van der Waals surface area contributed by atoms with Crippen molar-refractivity contribution in [1.29, 1.82) is 0 Å². The van der Waals surface area contributed by atoms with Crippen molar-refractivity contribution in [2.24, 2.45) is 17.8 Å². The summed E-state index contributed by atoms with van der Waals surface area (Å²) in [6.45, 7) is 6.71. The second-order valence-electron chi connectivity index (χ2n) is 8.02. The molecule has 1 aliphatic carbocycles. The smallest absolute Gasteiger partial charge is 0.220 e. The predicted molar refractivity (Wildman–Crippen MR) is 101 cm³/mol. The summed E-state index contributed by atoms with van der Waals surface area (Å²) in [4.78, 5) is 12.4. The van der Waals surface area contributed by atoms with Crippen molar-refractivity contribution in [3.8, 4) is 5.75 Å². The van der Waals surface area contributed by atoms with Gasteiger partial charge in [-0.3, -0.25) is 4.79 Å². The highest BCUT2D eigenvalue weighted by molar-refractivity contribution is 5.76. The number of nitrogens with one attached hydrogen (secondary N) is 2. The average Bonchev–Trinajstić information content (AvgIpc) is 3.45. The first-order chi connectivity index (χ1) is 12.5. The summed E-state index contributed by atoms with van der Waals surface area (Å²) in [5, 5.41) is 6.41. The van der Waals surface area contributed by atoms with Crippen molar-refractivity contribution < 1.29 is 13.9 Å². The molecule has 144 valence electrons. The van der Waals surface area contributed by atoms with E-state index in [2.05, 4.69) is 17.6 Å². The van der Waals surface area contributed by atoms with Crippen molar-refractivity contribution in [2.75, 3.05) is 19.7 Å². The first kappa shape index (κ1) is 19.2. The van der Waals surface area contributed by atoms with E-state index in [1.165, 1.54) is 31.7 Å². The molecule has 2 aliphatic rings. The molecule has 0 aromatic heterocycles. The molecular weight excluding hydrogens is 331 g/mol. The molecule has 1 aromatic rings. The molecule has 5 heteroatoms. The summed E-state index contributed by atoms with van der Waals surface area (Å²) in [7, 11) is 0. The highest BCUT2D eigenvalue weighted by atomic mass is 19.1. The second kappa shape index (κ2) is 8.85. The Morgan fingerprint density at radius 3 is 2.81 bits per heavy atom. The number of hydrogen-bond donors (Lipinski definition) is 2. The van der Waals surface area contributed by atoms with Crippen LogP contribution in [-0.2, 0) is 4.79 Å². The predicted octanol–water partition coefficient (Wildman–Crippen LogP) is 3.82. The Hall–Kier alpha value is -1.62. The quantitative estimate of drug-likeness (QED) is 0.739. The minimum Gasteiger partial charge on any atom is -0.490 e. The standard InChI is InChI=1S/C21H31FN2O2/c1-14(18-4-3-9-23-12-18)10-21(25)24-15(2)17-7-8-20(19(22)11-17)26-13-16-5-6-16/h7-8,11,14-16,18,23H,3-6,9-10,12-13H2,1-2H3,(H,24,25). The van der Waals surface area contributed by atoms with E-state index in [-0.39, 0.29) is 17.8 Å². The molecule has 4 nitrogen and oxygen atoms in total. The van der Waals surface area contributed by atoms with Gasteiger partial charge >= 0.3 is 0 Å². The van der Waals surface area contributed by atoms with Gasteiger partial charge in [0.25, 0.3) is 0 Å². The van der Waals surface area contributed by atoms with Crippen molar-refractivity contribution in [2.45, 2.75) is 52.0 Å². The Morgan fingerprint density at radius 2 is 2.15 bits per heavy atom. The van der Waals surface area contributed by atoms with E-state index in [1.54, 1.807) is 6.07 Å². The summed E-state index contributed by atoms with van der Waals surface area (Å²) in [5.41, 5.74) is 0.765. The number of ether oxygens (including phenoxy) is 1. The molecule has 1 saturated carbocycles. The number of benzene rings is 1. The maximum atomic E-state index is 14.2. The maximum Gasteiger partial charge on any atom is 0.220 e. The zero-order valence-corrected chi connectivity index (χ0v) is 15.9. The van der Waals surface area contributed by atoms with E-state index in [1.807, 2.05) is 13.0 Å². The first-order valence-corrected chi connectivity index (χ1v) is 9.95. The molecule has 1 heterocycles. The Kier molecular flexibility index (Phi) is 6.52. The topological polar surface area (TPSA) is 50.4 Å². The van der Waals surface area contributed by atoms with Gasteiger partial charge in [-0.1, -0.05) is 13.0 Å². The summed E-state index contributed by atoms with van der Waals surface area (Å²) < 4.78 is 19.8. The van der Waals surface area contributed by atoms with Crippen molar-refractivity contribution in [3.05, 3.63) is 29.6 Å². The monoisotopic (exact) mass is 362 g/mol. The van der Waals surface area contributed by atoms with Gasteiger partial charge in [-0.25, -0.2) is 4.39 Å². The third-order valence-electron chi connectivity index (χ3n) is 5.65. The normalized spacial score (nSPS) is 22.5. The molecule has 0 bridgehead atoms. The lowest BCUT2D eigenvalue weighted by Crippen LogP contribution is -2.36. The number of hydrogen-bond acceptors (Lipinski definition) is 3. The van der Waals surface area contributed by atoms with Gasteiger partial charge in [-0.2, -0.15) is 0 Å². The van der Waals surface area contributed by atoms with Crippen molar-refractivity contribution in [3.63, 3.8) is 0 Å². The van der Waals surface area contributed by atoms with E-state index in [0.29, 0.717) is 36.5 Å². The minimum atomic E-state index is -0.356. The molecule has 0 radical (unpaired) electrons. The van der Waals surface area contributed by atoms with Gasteiger partial charge in [0, 0.05) is 6.42 Å². The van der Waals surface area contributed by atoms with Crippen molar-refractivity contribution >= 4 is 5.91 Å². The average molecular weight is 362 g/mol. The third-order valence-corrected chi connectivity index (χ3v) is 5.65.